The van der Waals surface area contributed by atoms with Gasteiger partial charge in [-0.15, -0.1) is 0 Å². The minimum Gasteiger partial charge on any atom is -0.466 e. The van der Waals surface area contributed by atoms with Crippen LogP contribution in [0.15, 0.2) is 0 Å². The van der Waals surface area contributed by atoms with E-state index in [0.717, 1.165) is 37.1 Å². The van der Waals surface area contributed by atoms with Crippen molar-refractivity contribution in [1.29, 1.82) is 0 Å². The largest absolute Gasteiger partial charge is 0.466 e. The van der Waals surface area contributed by atoms with Crippen LogP contribution in [0.1, 0.15) is 58.3 Å². The number of esters is 1. The van der Waals surface area contributed by atoms with Crippen LogP contribution in [0.5, 0.6) is 0 Å². The Hall–Kier alpha value is -0.610. The summed E-state index contributed by atoms with van der Waals surface area (Å²) < 4.78 is 5.18. The highest BCUT2D eigenvalue weighted by molar-refractivity contribution is 5.69. The zero-order valence-electron chi connectivity index (χ0n) is 14.1. The lowest BCUT2D eigenvalue weighted by Gasteiger charge is -2.54. The van der Waals surface area contributed by atoms with Crippen LogP contribution in [-0.4, -0.2) is 49.2 Å². The molecule has 0 amide bonds. The van der Waals surface area contributed by atoms with Gasteiger partial charge >= 0.3 is 5.97 Å². The second kappa shape index (κ2) is 7.78. The van der Waals surface area contributed by atoms with Crippen LogP contribution in [0.25, 0.3) is 0 Å². The molecule has 0 aromatic heterocycles. The van der Waals surface area contributed by atoms with E-state index in [4.69, 9.17) is 4.74 Å². The molecule has 3 aliphatic heterocycles. The Bertz CT molecular complexity index is 365. The Morgan fingerprint density at radius 2 is 2.09 bits per heavy atom. The molecule has 22 heavy (non-hydrogen) atoms. The van der Waals surface area contributed by atoms with E-state index in [9.17, 15) is 4.79 Å². The second-order valence-electron chi connectivity index (χ2n) is 7.36. The van der Waals surface area contributed by atoms with Crippen molar-refractivity contribution in [1.82, 2.24) is 10.2 Å². The highest BCUT2D eigenvalue weighted by atomic mass is 16.5. The van der Waals surface area contributed by atoms with Crippen molar-refractivity contribution in [3.63, 3.8) is 0 Å². The Balaban J connectivity index is 1.49. The highest BCUT2D eigenvalue weighted by Gasteiger charge is 2.45. The van der Waals surface area contributed by atoms with Gasteiger partial charge in [0.15, 0.2) is 0 Å². The van der Waals surface area contributed by atoms with Gasteiger partial charge in [-0.1, -0.05) is 6.92 Å². The molecule has 3 aliphatic rings. The van der Waals surface area contributed by atoms with E-state index >= 15 is 0 Å². The van der Waals surface area contributed by atoms with Gasteiger partial charge in [-0.2, -0.15) is 0 Å². The summed E-state index contributed by atoms with van der Waals surface area (Å²) in [6.07, 6.45) is 9.10. The smallest absolute Gasteiger partial charge is 0.305 e. The first-order chi connectivity index (χ1) is 10.8. The number of ether oxygens (including phenoxy) is 1. The summed E-state index contributed by atoms with van der Waals surface area (Å²) in [4.78, 5) is 14.4. The van der Waals surface area contributed by atoms with Crippen molar-refractivity contribution < 1.29 is 9.53 Å². The number of hydrogen-bond donors (Lipinski definition) is 1. The number of hydrogen-bond acceptors (Lipinski definition) is 4. The predicted octanol–water partition coefficient (Wildman–Crippen LogP) is 2.57. The fourth-order valence-corrected chi connectivity index (χ4v) is 4.94. The molecule has 3 saturated heterocycles. The zero-order valence-corrected chi connectivity index (χ0v) is 14.1. The number of nitrogens with one attached hydrogen (secondary N) is 1. The number of carbonyl (C=O) groups is 1. The van der Waals surface area contributed by atoms with Crippen LogP contribution < -0.4 is 5.32 Å². The van der Waals surface area contributed by atoms with Gasteiger partial charge < -0.3 is 10.1 Å². The summed E-state index contributed by atoms with van der Waals surface area (Å²) in [5.41, 5.74) is 0. The predicted molar refractivity (Wildman–Crippen MR) is 87.7 cm³/mol. The summed E-state index contributed by atoms with van der Waals surface area (Å²) in [5, 5.41) is 3.81. The lowest BCUT2D eigenvalue weighted by Crippen LogP contribution is -2.63. The molecule has 0 radical (unpaired) electrons. The van der Waals surface area contributed by atoms with E-state index in [1.807, 2.05) is 6.92 Å². The first kappa shape index (κ1) is 16.3. The summed E-state index contributed by atoms with van der Waals surface area (Å²) in [5.74, 6) is 1.66. The number of rotatable bonds is 6. The van der Waals surface area contributed by atoms with Gasteiger partial charge in [-0.25, -0.2) is 0 Å². The normalized spacial score (nSPS) is 35.0. The van der Waals surface area contributed by atoms with Crippen molar-refractivity contribution in [3.05, 3.63) is 0 Å². The van der Waals surface area contributed by atoms with E-state index in [1.54, 1.807) is 0 Å². The molecule has 0 aromatic carbocycles. The lowest BCUT2D eigenvalue weighted by atomic mass is 9.70. The van der Waals surface area contributed by atoms with E-state index in [2.05, 4.69) is 10.2 Å². The molecule has 3 heterocycles. The van der Waals surface area contributed by atoms with Gasteiger partial charge in [-0.05, 0) is 76.4 Å². The first-order valence-electron chi connectivity index (χ1n) is 9.42. The van der Waals surface area contributed by atoms with Crippen LogP contribution in [0, 0.1) is 11.8 Å². The SMILES string of the molecule is CCCOC(=O)CCC[C@@H]1NC[C@H]2CCCN3CCC[C@H]1[C@H]23. The molecule has 4 heteroatoms. The maximum absolute atomic E-state index is 11.6. The lowest BCUT2D eigenvalue weighted by molar-refractivity contribution is -0.143. The van der Waals surface area contributed by atoms with E-state index in [0.29, 0.717) is 19.1 Å². The van der Waals surface area contributed by atoms with Gasteiger partial charge in [0.1, 0.15) is 0 Å². The third kappa shape index (κ3) is 3.65. The molecule has 1 N–H and O–H groups in total. The van der Waals surface area contributed by atoms with Crippen molar-refractivity contribution in [2.75, 3.05) is 26.2 Å². The molecule has 0 aliphatic carbocycles. The van der Waals surface area contributed by atoms with Gasteiger partial charge in [-0.3, -0.25) is 9.69 Å². The molecule has 3 rings (SSSR count). The zero-order chi connectivity index (χ0) is 15.4. The van der Waals surface area contributed by atoms with Crippen LogP contribution in [-0.2, 0) is 9.53 Å². The van der Waals surface area contributed by atoms with E-state index < -0.39 is 0 Å². The van der Waals surface area contributed by atoms with Gasteiger partial charge in [0.25, 0.3) is 0 Å². The van der Waals surface area contributed by atoms with Crippen LogP contribution in [0.4, 0.5) is 0 Å². The molecule has 4 nitrogen and oxygen atoms in total. The van der Waals surface area contributed by atoms with Crippen LogP contribution in [0.2, 0.25) is 0 Å². The van der Waals surface area contributed by atoms with Gasteiger partial charge in [0.05, 0.1) is 6.61 Å². The monoisotopic (exact) mass is 308 g/mol. The average Bonchev–Trinajstić information content (AvgIpc) is 2.55. The molecular formula is C18H32N2O2. The summed E-state index contributed by atoms with van der Waals surface area (Å²) >= 11 is 0. The Morgan fingerprint density at radius 3 is 2.91 bits per heavy atom. The number of piperidine rings is 3. The van der Waals surface area contributed by atoms with Crippen molar-refractivity contribution >= 4 is 5.97 Å². The minimum absolute atomic E-state index is 0.0153. The number of nitrogens with zero attached hydrogens (tertiary/aromatic N) is 1. The van der Waals surface area contributed by atoms with Crippen molar-refractivity contribution in [2.24, 2.45) is 11.8 Å². The quantitative estimate of drug-likeness (QED) is 0.766. The van der Waals surface area contributed by atoms with Crippen molar-refractivity contribution in [2.45, 2.75) is 70.4 Å². The maximum Gasteiger partial charge on any atom is 0.305 e. The molecule has 126 valence electrons. The molecular weight excluding hydrogens is 276 g/mol. The van der Waals surface area contributed by atoms with Crippen LogP contribution in [0.3, 0.4) is 0 Å². The third-order valence-electron chi connectivity index (χ3n) is 5.87. The number of carbonyl (C=O) groups excluding carboxylic acids is 1. The molecule has 0 aromatic rings. The topological polar surface area (TPSA) is 41.6 Å². The highest BCUT2D eigenvalue weighted by Crippen LogP contribution is 2.39. The van der Waals surface area contributed by atoms with E-state index in [-0.39, 0.29) is 5.97 Å². The molecule has 0 bridgehead atoms. The Labute approximate surface area is 135 Å². The van der Waals surface area contributed by atoms with Crippen molar-refractivity contribution in [3.8, 4) is 0 Å². The van der Waals surface area contributed by atoms with E-state index in [1.165, 1.54) is 45.3 Å². The molecule has 0 unspecified atom stereocenters. The van der Waals surface area contributed by atoms with Gasteiger partial charge in [0.2, 0.25) is 0 Å². The van der Waals surface area contributed by atoms with Crippen LogP contribution >= 0.6 is 0 Å². The summed E-state index contributed by atoms with van der Waals surface area (Å²) in [6, 6.07) is 1.43. The summed E-state index contributed by atoms with van der Waals surface area (Å²) in [7, 11) is 0. The second-order valence-corrected chi connectivity index (χ2v) is 7.36. The fraction of sp³-hybridized carbons (Fsp3) is 0.944. The van der Waals surface area contributed by atoms with Gasteiger partial charge in [0, 0.05) is 18.5 Å². The first-order valence-corrected chi connectivity index (χ1v) is 9.42. The summed E-state index contributed by atoms with van der Waals surface area (Å²) in [6.45, 7) is 6.42. The maximum atomic E-state index is 11.6. The average molecular weight is 308 g/mol. The molecule has 4 atom stereocenters. The fourth-order valence-electron chi connectivity index (χ4n) is 4.94. The standard InChI is InChI=1S/C18H32N2O2/c1-2-12-22-17(21)9-3-8-16-15-7-5-11-20-10-4-6-14(13-19-16)18(15)20/h14-16,18-19H,2-13H2,1H3/t14-,15-,16+,18+/m1/s1. The Morgan fingerprint density at radius 1 is 1.27 bits per heavy atom. The molecule has 0 spiro atoms. The minimum atomic E-state index is -0.0153. The Kier molecular flexibility index (Phi) is 5.75. The third-order valence-corrected chi connectivity index (χ3v) is 5.87. The molecule has 0 saturated carbocycles. The molecule has 3 fully saturated rings.